The third kappa shape index (κ3) is 10.1. The van der Waals surface area contributed by atoms with Crippen LogP contribution in [0.1, 0.15) is 122 Å². The molecule has 0 aliphatic heterocycles. The number of phenols is 2. The highest BCUT2D eigenvalue weighted by atomic mass is 16.3. The van der Waals surface area contributed by atoms with E-state index in [-0.39, 0.29) is 5.41 Å². The van der Waals surface area contributed by atoms with E-state index < -0.39 is 0 Å². The molecule has 0 heterocycles. The van der Waals surface area contributed by atoms with Gasteiger partial charge >= 0.3 is 0 Å². The summed E-state index contributed by atoms with van der Waals surface area (Å²) in [5.41, 5.74) is 1.54. The van der Waals surface area contributed by atoms with Crippen molar-refractivity contribution in [2.24, 2.45) is 0 Å². The van der Waals surface area contributed by atoms with Crippen molar-refractivity contribution in [3.63, 3.8) is 0 Å². The van der Waals surface area contributed by atoms with Crippen LogP contribution in [-0.4, -0.2) is 10.2 Å². The highest BCUT2D eigenvalue weighted by Crippen LogP contribution is 2.36. The maximum absolute atomic E-state index is 10.3. The normalized spacial score (nSPS) is 11.9. The summed E-state index contributed by atoms with van der Waals surface area (Å²) in [7, 11) is 0. The molecule has 1 rings (SSSR count). The summed E-state index contributed by atoms with van der Waals surface area (Å²) >= 11 is 0. The Morgan fingerprint density at radius 1 is 0.630 bits per heavy atom. The first kappa shape index (κ1) is 23.9. The Bertz CT molecular complexity index is 514. The Kier molecular flexibility index (Phi) is 11.6. The van der Waals surface area contributed by atoms with Gasteiger partial charge in [-0.25, -0.2) is 0 Å². The van der Waals surface area contributed by atoms with Crippen molar-refractivity contribution in [1.82, 2.24) is 0 Å². The molecule has 0 unspecified atom stereocenters. The van der Waals surface area contributed by atoms with Crippen molar-refractivity contribution in [2.75, 3.05) is 0 Å². The van der Waals surface area contributed by atoms with E-state index in [4.69, 9.17) is 0 Å². The van der Waals surface area contributed by atoms with Crippen LogP contribution in [-0.2, 0) is 11.8 Å². The summed E-state index contributed by atoms with van der Waals surface area (Å²) in [4.78, 5) is 0. The fraction of sp³-hybridized carbons (Fsp3) is 0.760. The van der Waals surface area contributed by atoms with Crippen LogP contribution in [0.15, 0.2) is 12.1 Å². The van der Waals surface area contributed by atoms with E-state index in [0.29, 0.717) is 11.5 Å². The van der Waals surface area contributed by atoms with Crippen molar-refractivity contribution in [3.8, 4) is 11.5 Å². The van der Waals surface area contributed by atoms with Crippen molar-refractivity contribution in [1.29, 1.82) is 0 Å². The number of aryl methyl sites for hydroxylation is 1. The summed E-state index contributed by atoms with van der Waals surface area (Å²) in [6.45, 7) is 8.42. The summed E-state index contributed by atoms with van der Waals surface area (Å²) in [6, 6.07) is 3.50. The zero-order valence-electron chi connectivity index (χ0n) is 18.4. The monoisotopic (exact) mass is 376 g/mol. The van der Waals surface area contributed by atoms with Gasteiger partial charge in [0.25, 0.3) is 0 Å². The molecule has 27 heavy (non-hydrogen) atoms. The summed E-state index contributed by atoms with van der Waals surface area (Å²) < 4.78 is 0. The Hall–Kier alpha value is -1.18. The third-order valence-corrected chi connectivity index (χ3v) is 5.55. The fourth-order valence-electron chi connectivity index (χ4n) is 3.75. The molecule has 2 nitrogen and oxygen atoms in total. The van der Waals surface area contributed by atoms with E-state index in [2.05, 4.69) is 6.92 Å². The molecule has 0 spiro atoms. The van der Waals surface area contributed by atoms with Crippen LogP contribution in [0.4, 0.5) is 0 Å². The number of hydrogen-bond donors (Lipinski definition) is 2. The van der Waals surface area contributed by atoms with E-state index in [1.165, 1.54) is 77.0 Å². The van der Waals surface area contributed by atoms with Crippen LogP contribution in [0.2, 0.25) is 0 Å². The first-order valence-corrected chi connectivity index (χ1v) is 11.4. The Labute approximate surface area is 168 Å². The maximum atomic E-state index is 10.3. The number of aromatic hydroxyl groups is 2. The Morgan fingerprint density at radius 2 is 1.07 bits per heavy atom. The second-order valence-electron chi connectivity index (χ2n) is 9.24. The van der Waals surface area contributed by atoms with Gasteiger partial charge in [-0.3, -0.25) is 0 Å². The highest BCUT2D eigenvalue weighted by molar-refractivity contribution is 5.47. The predicted molar refractivity (Wildman–Crippen MR) is 118 cm³/mol. The second-order valence-corrected chi connectivity index (χ2v) is 9.24. The van der Waals surface area contributed by atoms with Gasteiger partial charge < -0.3 is 10.2 Å². The molecule has 0 saturated carbocycles. The van der Waals surface area contributed by atoms with Gasteiger partial charge in [-0.1, -0.05) is 105 Å². The van der Waals surface area contributed by atoms with Crippen LogP contribution in [0, 0.1) is 0 Å². The molecule has 0 amide bonds. The number of phenolic OH excluding ortho intramolecular Hbond substituents is 2. The quantitative estimate of drug-likeness (QED) is 0.255. The Balaban J connectivity index is 2.10. The first-order valence-electron chi connectivity index (χ1n) is 11.4. The van der Waals surface area contributed by atoms with E-state index >= 15 is 0 Å². The van der Waals surface area contributed by atoms with Crippen LogP contribution in [0.5, 0.6) is 11.5 Å². The van der Waals surface area contributed by atoms with E-state index in [1.807, 2.05) is 20.8 Å². The molecule has 2 N–H and O–H groups in total. The lowest BCUT2D eigenvalue weighted by Gasteiger charge is -2.21. The van der Waals surface area contributed by atoms with Gasteiger partial charge in [-0.05, 0) is 36.0 Å². The van der Waals surface area contributed by atoms with Gasteiger partial charge in [0.15, 0.2) is 0 Å². The molecule has 1 aromatic carbocycles. The van der Waals surface area contributed by atoms with Crippen LogP contribution < -0.4 is 0 Å². The SMILES string of the molecule is CCCCCCCCCCCCCCCc1cc(O)c(C(C)(C)C)cc1O. The van der Waals surface area contributed by atoms with E-state index in [9.17, 15) is 10.2 Å². The molecule has 156 valence electrons. The fourth-order valence-corrected chi connectivity index (χ4v) is 3.75. The van der Waals surface area contributed by atoms with Crippen molar-refractivity contribution < 1.29 is 10.2 Å². The zero-order valence-corrected chi connectivity index (χ0v) is 18.4. The standard InChI is InChI=1S/C25H44O2/c1-5-6-7-8-9-10-11-12-13-14-15-16-17-18-21-19-24(27)22(20-23(21)26)25(2,3)4/h19-20,26-27H,5-18H2,1-4H3. The predicted octanol–water partition coefficient (Wildman–Crippen LogP) is 8.03. The third-order valence-electron chi connectivity index (χ3n) is 5.55. The number of hydrogen-bond acceptors (Lipinski definition) is 2. The summed E-state index contributed by atoms with van der Waals surface area (Å²) in [5.74, 6) is 0.640. The van der Waals surface area contributed by atoms with Crippen LogP contribution in [0.3, 0.4) is 0 Å². The minimum absolute atomic E-state index is 0.157. The molecule has 1 aromatic rings. The van der Waals surface area contributed by atoms with Gasteiger partial charge in [0.05, 0.1) is 0 Å². The number of unbranched alkanes of at least 4 members (excludes halogenated alkanes) is 12. The highest BCUT2D eigenvalue weighted by Gasteiger charge is 2.20. The van der Waals surface area contributed by atoms with Crippen molar-refractivity contribution in [3.05, 3.63) is 23.3 Å². The summed E-state index contributed by atoms with van der Waals surface area (Å²) in [5, 5.41) is 20.5. The number of benzene rings is 1. The van der Waals surface area contributed by atoms with Gasteiger partial charge in [-0.15, -0.1) is 0 Å². The molecule has 0 bridgehead atoms. The molecule has 0 aliphatic rings. The molecular formula is C25H44O2. The lowest BCUT2D eigenvalue weighted by molar-refractivity contribution is 0.430. The van der Waals surface area contributed by atoms with E-state index in [1.54, 1.807) is 12.1 Å². The van der Waals surface area contributed by atoms with Crippen molar-refractivity contribution >= 4 is 0 Å². The molecule has 0 radical (unpaired) electrons. The largest absolute Gasteiger partial charge is 0.508 e. The molecular weight excluding hydrogens is 332 g/mol. The van der Waals surface area contributed by atoms with Gasteiger partial charge in [0, 0.05) is 5.56 Å². The molecule has 0 atom stereocenters. The minimum atomic E-state index is -0.157. The molecule has 0 saturated heterocycles. The van der Waals surface area contributed by atoms with E-state index in [0.717, 1.165) is 24.0 Å². The molecule has 0 fully saturated rings. The zero-order chi connectivity index (χ0) is 20.1. The van der Waals surface area contributed by atoms with Gasteiger partial charge in [0.2, 0.25) is 0 Å². The molecule has 2 heteroatoms. The summed E-state index contributed by atoms with van der Waals surface area (Å²) in [6.07, 6.45) is 18.3. The maximum Gasteiger partial charge on any atom is 0.119 e. The van der Waals surface area contributed by atoms with Crippen LogP contribution >= 0.6 is 0 Å². The lowest BCUT2D eigenvalue weighted by Crippen LogP contribution is -2.11. The molecule has 0 aromatic heterocycles. The van der Waals surface area contributed by atoms with Gasteiger partial charge in [-0.2, -0.15) is 0 Å². The van der Waals surface area contributed by atoms with Crippen LogP contribution in [0.25, 0.3) is 0 Å². The topological polar surface area (TPSA) is 40.5 Å². The number of rotatable bonds is 14. The smallest absolute Gasteiger partial charge is 0.119 e. The van der Waals surface area contributed by atoms with Gasteiger partial charge in [0.1, 0.15) is 11.5 Å². The average molecular weight is 377 g/mol. The minimum Gasteiger partial charge on any atom is -0.508 e. The molecule has 0 aliphatic carbocycles. The second kappa shape index (κ2) is 13.1. The van der Waals surface area contributed by atoms with Crippen molar-refractivity contribution in [2.45, 2.75) is 123 Å². The first-order chi connectivity index (χ1) is 12.9. The average Bonchev–Trinajstić information content (AvgIpc) is 2.60. The Morgan fingerprint density at radius 3 is 1.52 bits per heavy atom. The lowest BCUT2D eigenvalue weighted by atomic mass is 9.85.